The summed E-state index contributed by atoms with van der Waals surface area (Å²) < 4.78 is 0. The van der Waals surface area contributed by atoms with Crippen LogP contribution < -0.4 is 5.32 Å². The number of guanidine groups is 1. The van der Waals surface area contributed by atoms with Crippen LogP contribution in [0.2, 0.25) is 0 Å². The summed E-state index contributed by atoms with van der Waals surface area (Å²) in [6.07, 6.45) is 2.41. The van der Waals surface area contributed by atoms with Crippen LogP contribution in [-0.2, 0) is 13.0 Å². The summed E-state index contributed by atoms with van der Waals surface area (Å²) in [5, 5.41) is 7.78. The van der Waals surface area contributed by atoms with Gasteiger partial charge in [-0.3, -0.25) is 4.99 Å². The van der Waals surface area contributed by atoms with Crippen LogP contribution in [0, 0.1) is 5.92 Å². The highest BCUT2D eigenvalue weighted by molar-refractivity contribution is 7.07. The van der Waals surface area contributed by atoms with Crippen LogP contribution >= 0.6 is 11.3 Å². The zero-order valence-corrected chi connectivity index (χ0v) is 13.9. The van der Waals surface area contributed by atoms with Crippen molar-refractivity contribution < 1.29 is 0 Å². The van der Waals surface area contributed by atoms with E-state index in [1.807, 2.05) is 7.05 Å². The third-order valence-electron chi connectivity index (χ3n) is 4.20. The summed E-state index contributed by atoms with van der Waals surface area (Å²) in [5.41, 5.74) is 2.77. The van der Waals surface area contributed by atoms with Crippen LogP contribution in [0.25, 0.3) is 0 Å². The molecule has 2 heterocycles. The van der Waals surface area contributed by atoms with Crippen molar-refractivity contribution in [3.05, 3.63) is 58.3 Å². The van der Waals surface area contributed by atoms with Gasteiger partial charge in [0.2, 0.25) is 0 Å². The number of nitrogens with one attached hydrogen (secondary N) is 1. The van der Waals surface area contributed by atoms with Crippen molar-refractivity contribution in [2.45, 2.75) is 19.4 Å². The second-order valence-electron chi connectivity index (χ2n) is 5.82. The molecule has 2 aromatic rings. The lowest BCUT2D eigenvalue weighted by Gasteiger charge is -2.21. The minimum absolute atomic E-state index is 0.724. The lowest BCUT2D eigenvalue weighted by atomic mass is 9.99. The third kappa shape index (κ3) is 3.89. The van der Waals surface area contributed by atoms with Crippen molar-refractivity contribution >= 4 is 17.3 Å². The van der Waals surface area contributed by atoms with Gasteiger partial charge in [-0.2, -0.15) is 11.3 Å². The molecule has 3 rings (SSSR count). The zero-order chi connectivity index (χ0) is 15.2. The van der Waals surface area contributed by atoms with Crippen LogP contribution in [0.3, 0.4) is 0 Å². The smallest absolute Gasteiger partial charge is 0.193 e. The molecule has 0 amide bonds. The minimum Gasteiger partial charge on any atom is -0.352 e. The molecule has 1 aromatic carbocycles. The summed E-state index contributed by atoms with van der Waals surface area (Å²) >= 11 is 1.74. The fourth-order valence-electron chi connectivity index (χ4n) is 3.05. The first-order valence-electron chi connectivity index (χ1n) is 7.86. The SMILES string of the molecule is CN=C(NCc1ccsc1)N1CCC(Cc2ccccc2)C1. The lowest BCUT2D eigenvalue weighted by molar-refractivity contribution is 0.460. The second-order valence-corrected chi connectivity index (χ2v) is 6.60. The molecule has 0 bridgehead atoms. The van der Waals surface area contributed by atoms with Crippen molar-refractivity contribution in [2.75, 3.05) is 20.1 Å². The molecule has 1 N–H and O–H groups in total. The van der Waals surface area contributed by atoms with Crippen molar-refractivity contribution in [1.82, 2.24) is 10.2 Å². The van der Waals surface area contributed by atoms with Crippen LogP contribution in [-0.4, -0.2) is 31.0 Å². The van der Waals surface area contributed by atoms with Crippen molar-refractivity contribution in [3.8, 4) is 0 Å². The number of aliphatic imine (C=N–C) groups is 1. The average Bonchev–Trinajstić information content (AvgIpc) is 3.21. The van der Waals surface area contributed by atoms with E-state index in [0.717, 1.165) is 31.5 Å². The van der Waals surface area contributed by atoms with E-state index in [9.17, 15) is 0 Å². The fourth-order valence-corrected chi connectivity index (χ4v) is 3.71. The average molecular weight is 313 g/mol. The first-order chi connectivity index (χ1) is 10.8. The van der Waals surface area contributed by atoms with Crippen LogP contribution in [0.4, 0.5) is 0 Å². The summed E-state index contributed by atoms with van der Waals surface area (Å²) in [4.78, 5) is 6.83. The highest BCUT2D eigenvalue weighted by atomic mass is 32.1. The number of benzene rings is 1. The summed E-state index contributed by atoms with van der Waals surface area (Å²) in [6, 6.07) is 13.0. The van der Waals surface area contributed by atoms with Crippen LogP contribution in [0.15, 0.2) is 52.2 Å². The van der Waals surface area contributed by atoms with Crippen LogP contribution in [0.5, 0.6) is 0 Å². The molecule has 22 heavy (non-hydrogen) atoms. The van der Waals surface area contributed by atoms with Gasteiger partial charge in [0, 0.05) is 26.7 Å². The van der Waals surface area contributed by atoms with Gasteiger partial charge in [-0.1, -0.05) is 30.3 Å². The van der Waals surface area contributed by atoms with Gasteiger partial charge in [0.1, 0.15) is 0 Å². The van der Waals surface area contributed by atoms with E-state index >= 15 is 0 Å². The highest BCUT2D eigenvalue weighted by Gasteiger charge is 2.24. The number of nitrogens with zero attached hydrogens (tertiary/aromatic N) is 2. The standard InChI is InChI=1S/C18H23N3S/c1-19-18(20-12-17-8-10-22-14-17)21-9-7-16(13-21)11-15-5-3-2-4-6-15/h2-6,8,10,14,16H,7,9,11-13H2,1H3,(H,19,20). The fraction of sp³-hybridized carbons (Fsp3) is 0.389. The molecule has 3 nitrogen and oxygen atoms in total. The Labute approximate surface area is 136 Å². The van der Waals surface area contributed by atoms with E-state index in [0.29, 0.717) is 0 Å². The third-order valence-corrected chi connectivity index (χ3v) is 4.93. The predicted molar refractivity (Wildman–Crippen MR) is 94.3 cm³/mol. The number of rotatable bonds is 4. The summed E-state index contributed by atoms with van der Waals surface area (Å²) in [5.74, 6) is 1.75. The second kappa shape index (κ2) is 7.45. The molecule has 1 aromatic heterocycles. The largest absolute Gasteiger partial charge is 0.352 e. The predicted octanol–water partition coefficient (Wildman–Crippen LogP) is 3.39. The zero-order valence-electron chi connectivity index (χ0n) is 13.0. The van der Waals surface area contributed by atoms with Gasteiger partial charge < -0.3 is 10.2 Å². The van der Waals surface area contributed by atoms with Crippen molar-refractivity contribution in [2.24, 2.45) is 10.9 Å². The van der Waals surface area contributed by atoms with E-state index in [1.165, 1.54) is 24.0 Å². The first-order valence-corrected chi connectivity index (χ1v) is 8.80. The molecule has 116 valence electrons. The van der Waals surface area contributed by atoms with Crippen molar-refractivity contribution in [3.63, 3.8) is 0 Å². The maximum atomic E-state index is 4.45. The van der Waals surface area contributed by atoms with E-state index in [-0.39, 0.29) is 0 Å². The Bertz CT molecular complexity index is 592. The molecule has 1 aliphatic rings. The van der Waals surface area contributed by atoms with E-state index < -0.39 is 0 Å². The van der Waals surface area contributed by atoms with Gasteiger partial charge >= 0.3 is 0 Å². The van der Waals surface area contributed by atoms with E-state index in [1.54, 1.807) is 11.3 Å². The maximum Gasteiger partial charge on any atom is 0.193 e. The molecule has 0 saturated carbocycles. The van der Waals surface area contributed by atoms with Gasteiger partial charge in [-0.25, -0.2) is 0 Å². The normalized spacial score (nSPS) is 18.7. The van der Waals surface area contributed by atoms with Gasteiger partial charge in [-0.15, -0.1) is 0 Å². The Hall–Kier alpha value is -1.81. The monoisotopic (exact) mass is 313 g/mol. The van der Waals surface area contributed by atoms with E-state index in [2.05, 4.69) is 62.4 Å². The van der Waals surface area contributed by atoms with Gasteiger partial charge in [-0.05, 0) is 46.7 Å². The van der Waals surface area contributed by atoms with Gasteiger partial charge in [0.25, 0.3) is 0 Å². The molecule has 1 atom stereocenters. The first kappa shape index (κ1) is 15.1. The molecule has 1 saturated heterocycles. The Kier molecular flexibility index (Phi) is 5.11. The van der Waals surface area contributed by atoms with Gasteiger partial charge in [0.15, 0.2) is 5.96 Å². The number of hydrogen-bond acceptors (Lipinski definition) is 2. The van der Waals surface area contributed by atoms with Crippen LogP contribution in [0.1, 0.15) is 17.5 Å². The molecule has 4 heteroatoms. The molecular formula is C18H23N3S. The lowest BCUT2D eigenvalue weighted by Crippen LogP contribution is -2.39. The molecule has 0 spiro atoms. The number of thiophene rings is 1. The summed E-state index contributed by atoms with van der Waals surface area (Å²) in [6.45, 7) is 3.05. The highest BCUT2D eigenvalue weighted by Crippen LogP contribution is 2.21. The molecule has 0 aliphatic carbocycles. The van der Waals surface area contributed by atoms with Crippen molar-refractivity contribution in [1.29, 1.82) is 0 Å². The summed E-state index contributed by atoms with van der Waals surface area (Å²) in [7, 11) is 1.88. The Morgan fingerprint density at radius 2 is 2.14 bits per heavy atom. The molecule has 1 aliphatic heterocycles. The molecule has 0 radical (unpaired) electrons. The Morgan fingerprint density at radius 1 is 1.27 bits per heavy atom. The molecule has 1 fully saturated rings. The minimum atomic E-state index is 0.724. The molecular weight excluding hydrogens is 290 g/mol. The molecule has 1 unspecified atom stereocenters. The quantitative estimate of drug-likeness (QED) is 0.692. The topological polar surface area (TPSA) is 27.6 Å². The number of hydrogen-bond donors (Lipinski definition) is 1. The Morgan fingerprint density at radius 3 is 2.86 bits per heavy atom. The number of likely N-dealkylation sites (tertiary alicyclic amines) is 1. The Balaban J connectivity index is 1.52. The van der Waals surface area contributed by atoms with E-state index in [4.69, 9.17) is 0 Å². The van der Waals surface area contributed by atoms with Gasteiger partial charge in [0.05, 0.1) is 0 Å². The maximum absolute atomic E-state index is 4.45.